The van der Waals surface area contributed by atoms with Crippen molar-refractivity contribution in [2.24, 2.45) is 0 Å². The third-order valence-electron chi connectivity index (χ3n) is 6.96. The molecule has 0 spiro atoms. The average molecular weight is 584 g/mol. The van der Waals surface area contributed by atoms with Crippen molar-refractivity contribution >= 4 is 39.1 Å². The van der Waals surface area contributed by atoms with Gasteiger partial charge in [-0.25, -0.2) is 8.42 Å². The van der Waals surface area contributed by atoms with Gasteiger partial charge in [-0.1, -0.05) is 61.8 Å². The van der Waals surface area contributed by atoms with E-state index in [1.54, 1.807) is 18.2 Å². The second-order valence-electron chi connectivity index (χ2n) is 9.99. The van der Waals surface area contributed by atoms with Gasteiger partial charge in [-0.3, -0.25) is 13.9 Å². The van der Waals surface area contributed by atoms with Crippen LogP contribution in [-0.4, -0.2) is 43.8 Å². The first-order valence-electron chi connectivity index (χ1n) is 13.5. The lowest BCUT2D eigenvalue weighted by Crippen LogP contribution is -2.53. The van der Waals surface area contributed by atoms with Crippen molar-refractivity contribution in [3.63, 3.8) is 0 Å². The topological polar surface area (TPSA) is 86.8 Å². The highest BCUT2D eigenvalue weighted by molar-refractivity contribution is 7.92. The third-order valence-corrected chi connectivity index (χ3v) is 9.00. The smallest absolute Gasteiger partial charge is 0.264 e. The number of hydrogen-bond acceptors (Lipinski definition) is 4. The summed E-state index contributed by atoms with van der Waals surface area (Å²) in [6.45, 7) is 9.23. The number of sulfonamides is 1. The van der Waals surface area contributed by atoms with Crippen molar-refractivity contribution in [3.05, 3.63) is 94.5 Å². The van der Waals surface area contributed by atoms with E-state index in [0.29, 0.717) is 17.1 Å². The normalized spacial score (nSPS) is 12.8. The highest BCUT2D eigenvalue weighted by Gasteiger charge is 2.34. The molecule has 7 nitrogen and oxygen atoms in total. The van der Waals surface area contributed by atoms with E-state index in [2.05, 4.69) is 5.32 Å². The Morgan fingerprint density at radius 2 is 1.60 bits per heavy atom. The molecule has 40 heavy (non-hydrogen) atoms. The van der Waals surface area contributed by atoms with Gasteiger partial charge < -0.3 is 10.2 Å². The minimum atomic E-state index is -4.15. The first-order valence-corrected chi connectivity index (χ1v) is 15.3. The van der Waals surface area contributed by atoms with Crippen LogP contribution in [0.3, 0.4) is 0 Å². The van der Waals surface area contributed by atoms with E-state index in [4.69, 9.17) is 11.6 Å². The summed E-state index contributed by atoms with van der Waals surface area (Å²) in [6.07, 6.45) is 1.11. The second kappa shape index (κ2) is 13.8. The summed E-state index contributed by atoms with van der Waals surface area (Å²) in [5, 5.41) is 3.40. The summed E-state index contributed by atoms with van der Waals surface area (Å²) < 4.78 is 28.9. The molecule has 3 aromatic rings. The van der Waals surface area contributed by atoms with Gasteiger partial charge in [0.25, 0.3) is 10.0 Å². The predicted octanol–water partition coefficient (Wildman–Crippen LogP) is 5.87. The van der Waals surface area contributed by atoms with Crippen LogP contribution in [0.2, 0.25) is 5.02 Å². The van der Waals surface area contributed by atoms with E-state index in [-0.39, 0.29) is 23.4 Å². The van der Waals surface area contributed by atoms with Crippen LogP contribution in [-0.2, 0) is 26.2 Å². The first kappa shape index (κ1) is 31.2. The Labute approximate surface area is 243 Å². The molecule has 0 fully saturated rings. The maximum atomic E-state index is 14.1. The lowest BCUT2D eigenvalue weighted by molar-refractivity contribution is -0.140. The molecule has 0 saturated heterocycles. The number of nitrogens with one attached hydrogen (secondary N) is 1. The van der Waals surface area contributed by atoms with Crippen LogP contribution < -0.4 is 9.62 Å². The lowest BCUT2D eigenvalue weighted by atomic mass is 10.1. The van der Waals surface area contributed by atoms with E-state index in [0.717, 1.165) is 27.4 Å². The molecule has 2 atom stereocenters. The Morgan fingerprint density at radius 3 is 2.20 bits per heavy atom. The van der Waals surface area contributed by atoms with Crippen LogP contribution in [0.4, 0.5) is 5.69 Å². The van der Waals surface area contributed by atoms with E-state index < -0.39 is 28.5 Å². The summed E-state index contributed by atoms with van der Waals surface area (Å²) >= 11 is 6.01. The number of hydrogen-bond donors (Lipinski definition) is 1. The number of halogens is 1. The van der Waals surface area contributed by atoms with Crippen molar-refractivity contribution in [3.8, 4) is 0 Å². The summed E-state index contributed by atoms with van der Waals surface area (Å²) in [6, 6.07) is 19.6. The summed E-state index contributed by atoms with van der Waals surface area (Å²) in [5.41, 5.74) is 3.06. The number of nitrogens with zero attached hydrogens (tertiary/aromatic N) is 2. The summed E-state index contributed by atoms with van der Waals surface area (Å²) in [7, 11) is -4.15. The molecule has 0 aliphatic rings. The number of carbonyl (C=O) groups is 2. The van der Waals surface area contributed by atoms with Gasteiger partial charge in [-0.05, 0) is 86.7 Å². The fourth-order valence-corrected chi connectivity index (χ4v) is 5.91. The largest absolute Gasteiger partial charge is 0.352 e. The molecule has 0 saturated carbocycles. The standard InChI is InChI=1S/C31H38ClN3O4S/c1-6-24(5)33-31(37)29(7-2)34(20-25-13-9-8-12-23(25)4)30(36)21-35(27-14-10-11-22(3)19-27)40(38,39)28-17-15-26(32)16-18-28/h8-19,24,29H,6-7,20-21H2,1-5H3,(H,33,37). The molecule has 2 amide bonds. The molecule has 9 heteroatoms. The van der Waals surface area contributed by atoms with Gasteiger partial charge in [-0.2, -0.15) is 0 Å². The zero-order valence-corrected chi connectivity index (χ0v) is 25.3. The zero-order chi connectivity index (χ0) is 29.4. The van der Waals surface area contributed by atoms with Crippen molar-refractivity contribution < 1.29 is 18.0 Å². The molecule has 0 heterocycles. The summed E-state index contributed by atoms with van der Waals surface area (Å²) in [5.74, 6) is -0.741. The van der Waals surface area contributed by atoms with E-state index in [9.17, 15) is 18.0 Å². The highest BCUT2D eigenvalue weighted by atomic mass is 35.5. The lowest BCUT2D eigenvalue weighted by Gasteiger charge is -2.34. The molecule has 0 bridgehead atoms. The highest BCUT2D eigenvalue weighted by Crippen LogP contribution is 2.26. The molecule has 1 N–H and O–H groups in total. The first-order chi connectivity index (χ1) is 19.0. The van der Waals surface area contributed by atoms with E-state index in [1.165, 1.54) is 29.2 Å². The Morgan fingerprint density at radius 1 is 0.925 bits per heavy atom. The van der Waals surface area contributed by atoms with Gasteiger partial charge in [0.1, 0.15) is 12.6 Å². The molecule has 3 aromatic carbocycles. The third kappa shape index (κ3) is 7.64. The maximum absolute atomic E-state index is 14.1. The van der Waals surface area contributed by atoms with Gasteiger partial charge >= 0.3 is 0 Å². The Hall–Kier alpha value is -3.36. The number of benzene rings is 3. The Kier molecular flexibility index (Phi) is 10.8. The number of aryl methyl sites for hydroxylation is 2. The molecule has 0 aromatic heterocycles. The number of anilines is 1. The minimum absolute atomic E-state index is 0.0122. The Bertz CT molecular complexity index is 1430. The van der Waals surface area contributed by atoms with Crippen molar-refractivity contribution in [2.75, 3.05) is 10.8 Å². The van der Waals surface area contributed by atoms with Crippen LogP contribution in [0.25, 0.3) is 0 Å². The van der Waals surface area contributed by atoms with Crippen LogP contribution in [0, 0.1) is 13.8 Å². The molecular formula is C31H38ClN3O4S. The number of rotatable bonds is 12. The van der Waals surface area contributed by atoms with Crippen molar-refractivity contribution in [2.45, 2.75) is 71.0 Å². The molecular weight excluding hydrogens is 546 g/mol. The predicted molar refractivity (Wildman–Crippen MR) is 161 cm³/mol. The van der Waals surface area contributed by atoms with Gasteiger partial charge in [-0.15, -0.1) is 0 Å². The average Bonchev–Trinajstić information content (AvgIpc) is 2.92. The molecule has 3 rings (SSSR count). The fraction of sp³-hybridized carbons (Fsp3) is 0.355. The van der Waals surface area contributed by atoms with Gasteiger partial charge in [0.05, 0.1) is 10.6 Å². The molecule has 214 valence electrons. The quantitative estimate of drug-likeness (QED) is 0.289. The van der Waals surface area contributed by atoms with E-state index >= 15 is 0 Å². The van der Waals surface area contributed by atoms with Gasteiger partial charge in [0.2, 0.25) is 11.8 Å². The van der Waals surface area contributed by atoms with E-state index in [1.807, 2.05) is 65.0 Å². The van der Waals surface area contributed by atoms with Gasteiger partial charge in [0.15, 0.2) is 0 Å². The monoisotopic (exact) mass is 583 g/mol. The van der Waals surface area contributed by atoms with Crippen LogP contribution in [0.1, 0.15) is 50.3 Å². The maximum Gasteiger partial charge on any atom is 0.264 e. The van der Waals surface area contributed by atoms with Crippen LogP contribution in [0.15, 0.2) is 77.7 Å². The molecule has 0 radical (unpaired) electrons. The molecule has 0 aliphatic carbocycles. The second-order valence-corrected chi connectivity index (χ2v) is 12.3. The van der Waals surface area contributed by atoms with Crippen LogP contribution in [0.5, 0.6) is 0 Å². The number of amides is 2. The van der Waals surface area contributed by atoms with Gasteiger partial charge in [0, 0.05) is 17.6 Å². The van der Waals surface area contributed by atoms with Crippen molar-refractivity contribution in [1.82, 2.24) is 10.2 Å². The molecule has 2 unspecified atom stereocenters. The molecule has 0 aliphatic heterocycles. The SMILES string of the molecule is CCC(C)NC(=O)C(CC)N(Cc1ccccc1C)C(=O)CN(c1cccc(C)c1)S(=O)(=O)c1ccc(Cl)cc1. The van der Waals surface area contributed by atoms with Crippen LogP contribution >= 0.6 is 11.6 Å². The number of carbonyl (C=O) groups excluding carboxylic acids is 2. The Balaban J connectivity index is 2.07. The van der Waals surface area contributed by atoms with Crippen molar-refractivity contribution in [1.29, 1.82) is 0 Å². The fourth-order valence-electron chi connectivity index (χ4n) is 4.38. The minimum Gasteiger partial charge on any atom is -0.352 e. The summed E-state index contributed by atoms with van der Waals surface area (Å²) in [4.78, 5) is 29.0. The zero-order valence-electron chi connectivity index (χ0n) is 23.7.